The van der Waals surface area contributed by atoms with Crippen LogP contribution in [-0.4, -0.2) is 36.7 Å². The lowest BCUT2D eigenvalue weighted by Crippen LogP contribution is -2.44. The lowest BCUT2D eigenvalue weighted by Gasteiger charge is -2.18. The molecule has 0 aliphatic carbocycles. The van der Waals surface area contributed by atoms with Crippen LogP contribution in [-0.2, 0) is 4.74 Å². The Morgan fingerprint density at radius 1 is 1.64 bits per heavy atom. The third kappa shape index (κ3) is 3.90. The number of imide groups is 1. The number of carbonyl (C=O) groups is 2. The van der Waals surface area contributed by atoms with Gasteiger partial charge in [-0.05, 0) is 13.1 Å². The molecule has 0 spiro atoms. The number of nitrogens with two attached hydrogens (primary N) is 1. The molecule has 0 rings (SSSR count). The molecule has 0 bridgehead atoms. The molecule has 3 amide bonds. The Kier molecular flexibility index (Phi) is 6.13. The molecule has 0 heterocycles. The maximum absolute atomic E-state index is 11.2. The number of carbonyl (C=O) groups excluding carboxylic acids is 2. The Morgan fingerprint density at radius 3 is 2.71 bits per heavy atom. The van der Waals surface area contributed by atoms with E-state index in [-0.39, 0.29) is 19.7 Å². The third-order valence-corrected chi connectivity index (χ3v) is 1.31. The molecule has 3 N–H and O–H groups in total. The molecule has 6 heteroatoms. The molecule has 0 unspecified atom stereocenters. The van der Waals surface area contributed by atoms with Crippen molar-refractivity contribution >= 4 is 12.1 Å². The normalized spacial score (nSPS) is 9.00. The molecular weight excluding hydrogens is 186 g/mol. The minimum absolute atomic E-state index is 0.110. The van der Waals surface area contributed by atoms with Crippen LogP contribution in [0.1, 0.15) is 6.92 Å². The topological polar surface area (TPSA) is 84.7 Å². The van der Waals surface area contributed by atoms with Gasteiger partial charge in [0, 0.05) is 13.1 Å². The quantitative estimate of drug-likeness (QED) is 0.683. The molecule has 0 saturated heterocycles. The summed E-state index contributed by atoms with van der Waals surface area (Å²) in [5.74, 6) is 0. The summed E-state index contributed by atoms with van der Waals surface area (Å²) >= 11 is 0. The minimum atomic E-state index is -0.711. The van der Waals surface area contributed by atoms with E-state index in [4.69, 9.17) is 5.73 Å². The first-order valence-electron chi connectivity index (χ1n) is 4.23. The highest BCUT2D eigenvalue weighted by molar-refractivity contribution is 5.91. The molecule has 80 valence electrons. The maximum atomic E-state index is 11.2. The molecular formula is C8H15N3O3. The smallest absolute Gasteiger partial charge is 0.418 e. The van der Waals surface area contributed by atoms with Gasteiger partial charge in [-0.2, -0.15) is 0 Å². The first kappa shape index (κ1) is 12.4. The second-order valence-electron chi connectivity index (χ2n) is 2.29. The summed E-state index contributed by atoms with van der Waals surface area (Å²) < 4.78 is 4.66. The predicted molar refractivity (Wildman–Crippen MR) is 51.5 cm³/mol. The van der Waals surface area contributed by atoms with Crippen LogP contribution in [0.25, 0.3) is 0 Å². The maximum Gasteiger partial charge on any atom is 0.418 e. The average Bonchev–Trinajstić information content (AvgIpc) is 2.14. The van der Waals surface area contributed by atoms with Crippen LogP contribution in [0.4, 0.5) is 9.59 Å². The largest absolute Gasteiger partial charge is 0.449 e. The van der Waals surface area contributed by atoms with Crippen molar-refractivity contribution in [1.29, 1.82) is 0 Å². The zero-order chi connectivity index (χ0) is 11.0. The highest BCUT2D eigenvalue weighted by Gasteiger charge is 2.20. The lowest BCUT2D eigenvalue weighted by molar-refractivity contribution is 0.116. The van der Waals surface area contributed by atoms with E-state index >= 15 is 0 Å². The van der Waals surface area contributed by atoms with Crippen LogP contribution < -0.4 is 11.1 Å². The summed E-state index contributed by atoms with van der Waals surface area (Å²) in [6.07, 6.45) is 0.475. The second-order valence-corrected chi connectivity index (χ2v) is 2.29. The van der Waals surface area contributed by atoms with Gasteiger partial charge in [0.15, 0.2) is 0 Å². The summed E-state index contributed by atoms with van der Waals surface area (Å²) in [4.78, 5) is 23.3. The van der Waals surface area contributed by atoms with Gasteiger partial charge in [-0.3, -0.25) is 0 Å². The van der Waals surface area contributed by atoms with Crippen LogP contribution >= 0.6 is 0 Å². The summed E-state index contributed by atoms with van der Waals surface area (Å²) in [6.45, 7) is 5.47. The van der Waals surface area contributed by atoms with E-state index in [0.29, 0.717) is 0 Å². The van der Waals surface area contributed by atoms with E-state index in [1.54, 1.807) is 6.92 Å². The van der Waals surface area contributed by atoms with Gasteiger partial charge in [0.25, 0.3) is 0 Å². The molecule has 0 aromatic rings. The van der Waals surface area contributed by atoms with Crippen LogP contribution in [0.5, 0.6) is 0 Å². The van der Waals surface area contributed by atoms with Crippen molar-refractivity contribution in [2.24, 2.45) is 5.73 Å². The molecule has 0 saturated carbocycles. The van der Waals surface area contributed by atoms with Gasteiger partial charge in [-0.25, -0.2) is 14.5 Å². The molecule has 6 nitrogen and oxygen atoms in total. The number of amides is 3. The molecule has 0 aromatic carbocycles. The Hall–Kier alpha value is -1.56. The number of nitrogens with one attached hydrogen (secondary N) is 1. The number of rotatable bonds is 4. The van der Waals surface area contributed by atoms with Crippen molar-refractivity contribution < 1.29 is 14.3 Å². The van der Waals surface area contributed by atoms with Crippen molar-refractivity contribution in [3.63, 3.8) is 0 Å². The molecule has 0 radical (unpaired) electrons. The fraction of sp³-hybridized carbons (Fsp3) is 0.500. The summed E-state index contributed by atoms with van der Waals surface area (Å²) in [5, 5.41) is 2.26. The van der Waals surface area contributed by atoms with Crippen LogP contribution in [0.2, 0.25) is 0 Å². The van der Waals surface area contributed by atoms with Gasteiger partial charge in [-0.15, -0.1) is 0 Å². The van der Waals surface area contributed by atoms with Crippen molar-refractivity contribution in [2.75, 3.05) is 19.7 Å². The van der Waals surface area contributed by atoms with Gasteiger partial charge in [0.05, 0.1) is 6.61 Å². The van der Waals surface area contributed by atoms with Crippen molar-refractivity contribution in [2.45, 2.75) is 6.92 Å². The number of nitrogens with zero attached hydrogens (tertiary/aromatic N) is 1. The van der Waals surface area contributed by atoms with E-state index in [1.165, 1.54) is 6.20 Å². The highest BCUT2D eigenvalue weighted by atomic mass is 16.6. The predicted octanol–water partition coefficient (Wildman–Crippen LogP) is 0.257. The monoisotopic (exact) mass is 201 g/mol. The minimum Gasteiger partial charge on any atom is -0.449 e. The lowest BCUT2D eigenvalue weighted by atomic mass is 10.5. The Morgan fingerprint density at radius 2 is 2.29 bits per heavy atom. The zero-order valence-electron chi connectivity index (χ0n) is 8.16. The van der Waals surface area contributed by atoms with Crippen molar-refractivity contribution in [3.05, 3.63) is 12.8 Å². The van der Waals surface area contributed by atoms with Crippen LogP contribution in [0, 0.1) is 0 Å². The fourth-order valence-electron chi connectivity index (χ4n) is 0.771. The molecule has 0 aliphatic heterocycles. The standard InChI is InChI=1S/C8H15N3O3/c1-3-10-7(12)11(6-5-9)8(13)14-4-2/h3H,1,4-6,9H2,2H3,(H,10,12). The summed E-state index contributed by atoms with van der Waals surface area (Å²) in [7, 11) is 0. The second kappa shape index (κ2) is 6.90. The van der Waals surface area contributed by atoms with Crippen LogP contribution in [0.3, 0.4) is 0 Å². The summed E-state index contributed by atoms with van der Waals surface area (Å²) in [5.41, 5.74) is 5.24. The fourth-order valence-corrected chi connectivity index (χ4v) is 0.771. The van der Waals surface area contributed by atoms with Gasteiger partial charge in [0.2, 0.25) is 0 Å². The number of hydrogen-bond donors (Lipinski definition) is 2. The van der Waals surface area contributed by atoms with E-state index in [9.17, 15) is 9.59 Å². The zero-order valence-corrected chi connectivity index (χ0v) is 8.16. The van der Waals surface area contributed by atoms with E-state index < -0.39 is 12.1 Å². The summed E-state index contributed by atoms with van der Waals surface area (Å²) in [6, 6.07) is -0.594. The van der Waals surface area contributed by atoms with Crippen molar-refractivity contribution in [3.8, 4) is 0 Å². The highest BCUT2D eigenvalue weighted by Crippen LogP contribution is 1.94. The molecule has 0 atom stereocenters. The third-order valence-electron chi connectivity index (χ3n) is 1.31. The number of ether oxygens (including phenoxy) is 1. The first-order chi connectivity index (χ1) is 6.67. The SMILES string of the molecule is C=CNC(=O)N(CCN)C(=O)OCC. The van der Waals surface area contributed by atoms with E-state index in [1.807, 2.05) is 0 Å². The van der Waals surface area contributed by atoms with Crippen molar-refractivity contribution in [1.82, 2.24) is 10.2 Å². The average molecular weight is 201 g/mol. The Bertz CT molecular complexity index is 218. The molecule has 0 fully saturated rings. The molecule has 0 aliphatic rings. The molecule has 0 aromatic heterocycles. The Labute approximate surface area is 82.7 Å². The number of urea groups is 1. The van der Waals surface area contributed by atoms with Crippen LogP contribution in [0.15, 0.2) is 12.8 Å². The van der Waals surface area contributed by atoms with E-state index in [2.05, 4.69) is 16.6 Å². The molecule has 14 heavy (non-hydrogen) atoms. The van der Waals surface area contributed by atoms with Gasteiger partial charge in [-0.1, -0.05) is 6.58 Å². The number of hydrogen-bond acceptors (Lipinski definition) is 4. The van der Waals surface area contributed by atoms with Gasteiger partial charge >= 0.3 is 12.1 Å². The van der Waals surface area contributed by atoms with Gasteiger partial charge < -0.3 is 15.8 Å². The first-order valence-corrected chi connectivity index (χ1v) is 4.23. The Balaban J connectivity index is 4.32. The van der Waals surface area contributed by atoms with Gasteiger partial charge in [0.1, 0.15) is 0 Å². The van der Waals surface area contributed by atoms with E-state index in [0.717, 1.165) is 4.90 Å².